The lowest BCUT2D eigenvalue weighted by Gasteiger charge is -2.31. The van der Waals surface area contributed by atoms with E-state index in [1.54, 1.807) is 41.5 Å². The van der Waals surface area contributed by atoms with Gasteiger partial charge in [-0.05, 0) is 48.0 Å². The monoisotopic (exact) mass is 419 g/mol. The third kappa shape index (κ3) is 11.3. The summed E-state index contributed by atoms with van der Waals surface area (Å²) in [6.07, 6.45) is -9.47. The molecule has 0 rings (SSSR count). The summed E-state index contributed by atoms with van der Waals surface area (Å²) >= 11 is -1.83. The number of esters is 1. The van der Waals surface area contributed by atoms with Crippen LogP contribution in [0.1, 0.15) is 54.4 Å². The van der Waals surface area contributed by atoms with E-state index in [-0.39, 0.29) is 0 Å². The molecule has 160 valence electrons. The van der Waals surface area contributed by atoms with Crippen molar-refractivity contribution in [1.29, 1.82) is 0 Å². The zero-order valence-corrected chi connectivity index (χ0v) is 17.4. The molecule has 0 spiro atoms. The first-order chi connectivity index (χ1) is 12.0. The standard InChI is InChI=1S/C16H28F3NO6S/c1-14(2,3)26-13(22)25-11(12(21)24-7)10(8-9-16(17,18)19)20-27(23)15(4,5)6/h10-11,20H,8-9H2,1-7H3/t10-,11+,27+/m1/s1. The second-order valence-electron chi connectivity index (χ2n) is 7.79. The van der Waals surface area contributed by atoms with E-state index >= 15 is 0 Å². The molecule has 0 saturated carbocycles. The molecule has 0 radical (unpaired) electrons. The van der Waals surface area contributed by atoms with Crippen molar-refractivity contribution in [1.82, 2.24) is 4.72 Å². The highest BCUT2D eigenvalue weighted by molar-refractivity contribution is 7.90. The van der Waals surface area contributed by atoms with Crippen molar-refractivity contribution in [2.75, 3.05) is 7.11 Å². The van der Waals surface area contributed by atoms with Crippen LogP contribution in [0.5, 0.6) is 0 Å². The van der Waals surface area contributed by atoms with Crippen molar-refractivity contribution in [3.05, 3.63) is 0 Å². The minimum Gasteiger partial charge on any atom is -0.598 e. The van der Waals surface area contributed by atoms with Crippen molar-refractivity contribution in [3.8, 4) is 0 Å². The SMILES string of the molecule is COC(=O)[C@@H](OC(=O)OC(C)(C)C)[C@@H](CCC(F)(F)F)N[S@@+]([O-])C(C)(C)C. The highest BCUT2D eigenvalue weighted by atomic mass is 32.2. The van der Waals surface area contributed by atoms with E-state index in [2.05, 4.69) is 9.46 Å². The fourth-order valence-corrected chi connectivity index (χ4v) is 2.56. The minimum atomic E-state index is -4.52. The topological polar surface area (TPSA) is 96.9 Å². The summed E-state index contributed by atoms with van der Waals surface area (Å²) in [5, 5.41) is 0. The van der Waals surface area contributed by atoms with Crippen LogP contribution in [-0.4, -0.2) is 52.5 Å². The quantitative estimate of drug-likeness (QED) is 0.500. The molecule has 0 unspecified atom stereocenters. The maximum atomic E-state index is 12.7. The van der Waals surface area contributed by atoms with Crippen LogP contribution in [0.3, 0.4) is 0 Å². The molecule has 0 aromatic carbocycles. The Morgan fingerprint density at radius 3 is 2.00 bits per heavy atom. The molecule has 0 heterocycles. The Morgan fingerprint density at radius 2 is 1.63 bits per heavy atom. The van der Waals surface area contributed by atoms with Gasteiger partial charge in [0.05, 0.1) is 7.11 Å². The van der Waals surface area contributed by atoms with Gasteiger partial charge in [0.2, 0.25) is 6.10 Å². The molecule has 0 aliphatic heterocycles. The van der Waals surface area contributed by atoms with Gasteiger partial charge in [0.1, 0.15) is 16.4 Å². The van der Waals surface area contributed by atoms with Crippen molar-refractivity contribution in [2.45, 2.75) is 83.1 Å². The maximum Gasteiger partial charge on any atom is 0.509 e. The number of halogens is 3. The van der Waals surface area contributed by atoms with Crippen molar-refractivity contribution in [3.63, 3.8) is 0 Å². The molecule has 27 heavy (non-hydrogen) atoms. The molecule has 3 atom stereocenters. The van der Waals surface area contributed by atoms with E-state index in [1.165, 1.54) is 0 Å². The fourth-order valence-electron chi connectivity index (χ4n) is 1.69. The maximum absolute atomic E-state index is 12.7. The van der Waals surface area contributed by atoms with Crippen LogP contribution in [0.15, 0.2) is 0 Å². The van der Waals surface area contributed by atoms with E-state index in [0.29, 0.717) is 0 Å². The van der Waals surface area contributed by atoms with Gasteiger partial charge >= 0.3 is 18.3 Å². The van der Waals surface area contributed by atoms with Gasteiger partial charge in [-0.25, -0.2) is 9.59 Å². The number of hydrogen-bond acceptors (Lipinski definition) is 7. The molecular formula is C16H28F3NO6S. The second kappa shape index (κ2) is 9.83. The Kier molecular flexibility index (Phi) is 9.39. The van der Waals surface area contributed by atoms with Crippen LogP contribution in [-0.2, 0) is 30.4 Å². The van der Waals surface area contributed by atoms with Crippen LogP contribution < -0.4 is 4.72 Å². The number of carbonyl (C=O) groups is 2. The van der Waals surface area contributed by atoms with Crippen molar-refractivity contribution < 1.29 is 41.5 Å². The zero-order chi connectivity index (χ0) is 21.6. The lowest BCUT2D eigenvalue weighted by atomic mass is 10.1. The van der Waals surface area contributed by atoms with Gasteiger partial charge in [-0.2, -0.15) is 13.2 Å². The molecule has 0 saturated heterocycles. The van der Waals surface area contributed by atoms with Gasteiger partial charge in [-0.15, -0.1) is 4.72 Å². The average molecular weight is 419 g/mol. The third-order valence-electron chi connectivity index (χ3n) is 2.97. The summed E-state index contributed by atoms with van der Waals surface area (Å²) in [7, 11) is 0.995. The van der Waals surface area contributed by atoms with Crippen LogP contribution in [0.2, 0.25) is 0 Å². The Balaban J connectivity index is 5.54. The molecule has 0 aromatic rings. The van der Waals surface area contributed by atoms with Gasteiger partial charge in [0.25, 0.3) is 0 Å². The Labute approximate surface area is 160 Å². The first-order valence-electron chi connectivity index (χ1n) is 8.18. The van der Waals surface area contributed by atoms with E-state index in [9.17, 15) is 27.3 Å². The summed E-state index contributed by atoms with van der Waals surface area (Å²) in [5.41, 5.74) is -0.944. The van der Waals surface area contributed by atoms with Crippen LogP contribution in [0.25, 0.3) is 0 Å². The van der Waals surface area contributed by atoms with Gasteiger partial charge < -0.3 is 18.8 Å². The molecule has 0 amide bonds. The molecular weight excluding hydrogens is 391 g/mol. The number of alkyl halides is 3. The number of ether oxygens (including phenoxy) is 3. The van der Waals surface area contributed by atoms with Crippen LogP contribution in [0, 0.1) is 0 Å². The predicted molar refractivity (Wildman–Crippen MR) is 93.2 cm³/mol. The number of rotatable bonds is 7. The molecule has 0 aliphatic carbocycles. The van der Waals surface area contributed by atoms with E-state index in [4.69, 9.17) is 9.47 Å². The lowest BCUT2D eigenvalue weighted by molar-refractivity contribution is -0.157. The Bertz CT molecular complexity index is 502. The van der Waals surface area contributed by atoms with Crippen molar-refractivity contribution >= 4 is 23.5 Å². The normalized spacial score (nSPS) is 16.3. The van der Waals surface area contributed by atoms with Crippen LogP contribution >= 0.6 is 0 Å². The summed E-state index contributed by atoms with van der Waals surface area (Å²) in [6.45, 7) is 9.44. The number of carbonyl (C=O) groups excluding carboxylic acids is 2. The largest absolute Gasteiger partial charge is 0.598 e. The van der Waals surface area contributed by atoms with Gasteiger partial charge in [0.15, 0.2) is 0 Å². The van der Waals surface area contributed by atoms with Gasteiger partial charge in [0, 0.05) is 17.8 Å². The Hall–Kier alpha value is -1.20. The number of methoxy groups -OCH3 is 1. The highest BCUT2D eigenvalue weighted by Crippen LogP contribution is 2.25. The molecule has 0 aliphatic rings. The van der Waals surface area contributed by atoms with Gasteiger partial charge in [-0.3, -0.25) is 0 Å². The first-order valence-corrected chi connectivity index (χ1v) is 9.33. The summed E-state index contributed by atoms with van der Waals surface area (Å²) in [5.74, 6) is -1.09. The number of nitrogens with one attached hydrogen (secondary N) is 1. The highest BCUT2D eigenvalue weighted by Gasteiger charge is 2.41. The first kappa shape index (κ1) is 25.8. The fraction of sp³-hybridized carbons (Fsp3) is 0.875. The zero-order valence-electron chi connectivity index (χ0n) is 16.6. The van der Waals surface area contributed by atoms with Crippen LogP contribution in [0.4, 0.5) is 18.0 Å². The molecule has 0 bridgehead atoms. The summed E-state index contributed by atoms with van der Waals surface area (Å²) in [6, 6.07) is -1.40. The molecule has 7 nitrogen and oxygen atoms in total. The van der Waals surface area contributed by atoms with Crippen molar-refractivity contribution in [2.24, 2.45) is 0 Å². The molecule has 0 aromatic heterocycles. The summed E-state index contributed by atoms with van der Waals surface area (Å²) in [4.78, 5) is 23.9. The van der Waals surface area contributed by atoms with E-state index in [0.717, 1.165) is 7.11 Å². The Morgan fingerprint density at radius 1 is 1.11 bits per heavy atom. The second-order valence-corrected chi connectivity index (χ2v) is 9.78. The average Bonchev–Trinajstić information content (AvgIpc) is 2.44. The minimum absolute atomic E-state index is 0.659. The van der Waals surface area contributed by atoms with Gasteiger partial charge in [-0.1, -0.05) is 0 Å². The lowest BCUT2D eigenvalue weighted by Crippen LogP contribution is -2.53. The smallest absolute Gasteiger partial charge is 0.509 e. The molecule has 0 fully saturated rings. The van der Waals surface area contributed by atoms with E-state index < -0.39 is 65.0 Å². The summed E-state index contributed by atoms with van der Waals surface area (Å²) < 4.78 is 66.3. The third-order valence-corrected chi connectivity index (χ3v) is 4.59. The van der Waals surface area contributed by atoms with E-state index in [1.807, 2.05) is 0 Å². The molecule has 1 N–H and O–H groups in total. The predicted octanol–water partition coefficient (Wildman–Crippen LogP) is 3.24. The number of hydrogen-bond donors (Lipinski definition) is 1. The molecule has 11 heteroatoms.